The first-order valence-corrected chi connectivity index (χ1v) is 11.4. The van der Waals surface area contributed by atoms with E-state index in [1.807, 2.05) is 7.05 Å². The number of aromatic nitrogens is 2. The molecule has 2 aromatic heterocycles. The van der Waals surface area contributed by atoms with Gasteiger partial charge in [0.15, 0.2) is 10.0 Å². The van der Waals surface area contributed by atoms with Gasteiger partial charge >= 0.3 is 0 Å². The number of nitrogens with one attached hydrogen (secondary N) is 3. The number of halogens is 1. The molecule has 3 aromatic rings. The van der Waals surface area contributed by atoms with Gasteiger partial charge in [0, 0.05) is 52.7 Å². The fraction of sp³-hybridized carbons (Fsp3) is 0.222. The minimum Gasteiger partial charge on any atom is -0.344 e. The maximum atomic E-state index is 12.4. The fourth-order valence-corrected chi connectivity index (χ4v) is 5.18. The highest BCUT2D eigenvalue weighted by atomic mass is 35.5. The third kappa shape index (κ3) is 4.30. The quantitative estimate of drug-likeness (QED) is 0.552. The molecule has 4 rings (SSSR count). The largest absolute Gasteiger partial charge is 0.344 e. The molecule has 1 amide bonds. The number of carbonyl (C=O) groups is 1. The number of likely N-dealkylation sites (N-methyl/N-ethyl adjacent to an activating group) is 1. The monoisotopic (exact) mass is 451 g/mol. The molecule has 0 aliphatic carbocycles. The Labute approximate surface area is 176 Å². The summed E-state index contributed by atoms with van der Waals surface area (Å²) in [4.78, 5) is 22.7. The van der Waals surface area contributed by atoms with E-state index in [2.05, 4.69) is 24.9 Å². The summed E-state index contributed by atoms with van der Waals surface area (Å²) in [5, 5.41) is 4.11. The molecule has 0 fully saturated rings. The van der Waals surface area contributed by atoms with Gasteiger partial charge in [-0.3, -0.25) is 9.52 Å². The molecule has 3 heterocycles. The van der Waals surface area contributed by atoms with Gasteiger partial charge in [0.2, 0.25) is 0 Å². The standard InChI is InChI=1S/C18H18ClN5O3S2/c1-24-7-4-14-15(10-24)28-18(23-14)17(25)20-5-6-21-29(26,27)16-9-11-8-12(19)2-3-13(11)22-16/h2-3,5-6,8-9,21-22H,4,7,10H2,1H3,(H,20,25)/b6-5+. The lowest BCUT2D eigenvalue weighted by Gasteiger charge is -2.20. The minimum atomic E-state index is -3.81. The highest BCUT2D eigenvalue weighted by Crippen LogP contribution is 2.24. The molecule has 0 atom stereocenters. The number of sulfonamides is 1. The van der Waals surface area contributed by atoms with Crippen LogP contribution >= 0.6 is 22.9 Å². The van der Waals surface area contributed by atoms with Gasteiger partial charge in [0.25, 0.3) is 15.9 Å². The van der Waals surface area contributed by atoms with Crippen molar-refractivity contribution in [1.29, 1.82) is 0 Å². The maximum Gasteiger partial charge on any atom is 0.284 e. The van der Waals surface area contributed by atoms with Crippen LogP contribution in [0.1, 0.15) is 20.4 Å². The Kier molecular flexibility index (Phi) is 5.34. The summed E-state index contributed by atoms with van der Waals surface area (Å²) in [6.07, 6.45) is 3.22. The van der Waals surface area contributed by atoms with E-state index in [1.165, 1.54) is 23.6 Å². The lowest BCUT2D eigenvalue weighted by atomic mass is 10.2. The van der Waals surface area contributed by atoms with Gasteiger partial charge < -0.3 is 15.2 Å². The zero-order valence-electron chi connectivity index (χ0n) is 15.4. The van der Waals surface area contributed by atoms with Crippen molar-refractivity contribution in [1.82, 2.24) is 24.9 Å². The van der Waals surface area contributed by atoms with Crippen molar-refractivity contribution in [2.24, 2.45) is 0 Å². The molecule has 11 heteroatoms. The summed E-state index contributed by atoms with van der Waals surface area (Å²) in [7, 11) is -1.78. The molecule has 8 nitrogen and oxygen atoms in total. The van der Waals surface area contributed by atoms with Crippen LogP contribution in [0.15, 0.2) is 41.7 Å². The Morgan fingerprint density at radius 3 is 3.00 bits per heavy atom. The summed E-state index contributed by atoms with van der Waals surface area (Å²) in [5.41, 5.74) is 1.62. The number of aromatic amines is 1. The molecule has 0 bridgehead atoms. The fourth-order valence-electron chi connectivity index (χ4n) is 3.01. The first-order chi connectivity index (χ1) is 13.8. The number of thiazole rings is 1. The first kappa shape index (κ1) is 19.9. The molecule has 3 N–H and O–H groups in total. The van der Waals surface area contributed by atoms with Gasteiger partial charge in [0.1, 0.15) is 0 Å². The average Bonchev–Trinajstić information content (AvgIpc) is 3.28. The Hall–Kier alpha value is -2.40. The number of H-pyrrole nitrogens is 1. The van der Waals surface area contributed by atoms with Gasteiger partial charge in [-0.15, -0.1) is 11.3 Å². The number of hydrogen-bond acceptors (Lipinski definition) is 6. The lowest BCUT2D eigenvalue weighted by Crippen LogP contribution is -2.25. The highest BCUT2D eigenvalue weighted by molar-refractivity contribution is 7.89. The summed E-state index contributed by atoms with van der Waals surface area (Å²) < 4.78 is 27.1. The maximum absolute atomic E-state index is 12.4. The third-order valence-corrected chi connectivity index (χ3v) is 7.05. The molecule has 1 aliphatic heterocycles. The van der Waals surface area contributed by atoms with Crippen LogP contribution in [0.25, 0.3) is 10.9 Å². The van der Waals surface area contributed by atoms with Crippen LogP contribution in [-0.4, -0.2) is 42.8 Å². The number of carbonyl (C=O) groups excluding carboxylic acids is 1. The predicted octanol–water partition coefficient (Wildman–Crippen LogP) is 2.45. The predicted molar refractivity (Wildman–Crippen MR) is 112 cm³/mol. The van der Waals surface area contributed by atoms with Crippen LogP contribution < -0.4 is 10.0 Å². The Morgan fingerprint density at radius 1 is 1.34 bits per heavy atom. The van der Waals surface area contributed by atoms with Crippen LogP contribution in [0.4, 0.5) is 0 Å². The van der Waals surface area contributed by atoms with E-state index in [-0.39, 0.29) is 10.9 Å². The van der Waals surface area contributed by atoms with E-state index in [0.717, 1.165) is 36.3 Å². The summed E-state index contributed by atoms with van der Waals surface area (Å²) in [5.74, 6) is -0.372. The van der Waals surface area contributed by atoms with Crippen molar-refractivity contribution >= 4 is 49.8 Å². The van der Waals surface area contributed by atoms with Crippen molar-refractivity contribution in [3.8, 4) is 0 Å². The van der Waals surface area contributed by atoms with Gasteiger partial charge in [-0.1, -0.05) is 11.6 Å². The summed E-state index contributed by atoms with van der Waals surface area (Å²) in [6, 6.07) is 6.55. The summed E-state index contributed by atoms with van der Waals surface area (Å²) in [6.45, 7) is 1.70. The van der Waals surface area contributed by atoms with Gasteiger partial charge in [-0.2, -0.15) is 8.42 Å². The highest BCUT2D eigenvalue weighted by Gasteiger charge is 2.21. The van der Waals surface area contributed by atoms with Crippen LogP contribution in [0.3, 0.4) is 0 Å². The van der Waals surface area contributed by atoms with E-state index in [4.69, 9.17) is 11.6 Å². The first-order valence-electron chi connectivity index (χ1n) is 8.75. The molecule has 29 heavy (non-hydrogen) atoms. The van der Waals surface area contributed by atoms with Crippen molar-refractivity contribution in [2.75, 3.05) is 13.6 Å². The molecular formula is C18H18ClN5O3S2. The van der Waals surface area contributed by atoms with E-state index in [9.17, 15) is 13.2 Å². The van der Waals surface area contributed by atoms with Crippen LogP contribution in [0.2, 0.25) is 5.02 Å². The van der Waals surface area contributed by atoms with Crippen molar-refractivity contribution in [3.63, 3.8) is 0 Å². The van der Waals surface area contributed by atoms with Gasteiger partial charge in [-0.05, 0) is 31.3 Å². The second-order valence-electron chi connectivity index (χ2n) is 6.67. The Balaban J connectivity index is 1.39. The number of amides is 1. The lowest BCUT2D eigenvalue weighted by molar-refractivity contribution is 0.0969. The molecule has 0 radical (unpaired) electrons. The van der Waals surface area contributed by atoms with E-state index in [1.54, 1.807) is 18.2 Å². The summed E-state index contributed by atoms with van der Waals surface area (Å²) >= 11 is 7.29. The number of hydrogen-bond donors (Lipinski definition) is 3. The average molecular weight is 452 g/mol. The second-order valence-corrected chi connectivity index (χ2v) is 9.87. The minimum absolute atomic E-state index is 0.00228. The molecule has 0 saturated carbocycles. The SMILES string of the molecule is CN1CCc2nc(C(=O)N/C=C/NS(=O)(=O)c3cc4cc(Cl)ccc4[nH]3)sc2C1. The van der Waals surface area contributed by atoms with E-state index in [0.29, 0.717) is 20.9 Å². The zero-order valence-corrected chi connectivity index (χ0v) is 17.8. The Bertz CT molecular complexity index is 1220. The van der Waals surface area contributed by atoms with E-state index >= 15 is 0 Å². The number of nitrogens with zero attached hydrogens (tertiary/aromatic N) is 2. The third-order valence-electron chi connectivity index (χ3n) is 4.48. The molecule has 152 valence electrons. The molecule has 0 unspecified atom stereocenters. The van der Waals surface area contributed by atoms with Crippen LogP contribution in [-0.2, 0) is 23.0 Å². The van der Waals surface area contributed by atoms with Crippen molar-refractivity contribution in [3.05, 3.63) is 57.3 Å². The van der Waals surface area contributed by atoms with Crippen LogP contribution in [0, 0.1) is 0 Å². The molecule has 1 aliphatic rings. The number of rotatable bonds is 5. The number of fused-ring (bicyclic) bond motifs is 2. The van der Waals surface area contributed by atoms with Gasteiger partial charge in [0.05, 0.1) is 5.69 Å². The molecule has 1 aromatic carbocycles. The topological polar surface area (TPSA) is 107 Å². The normalized spacial score (nSPS) is 15.0. The molecule has 0 spiro atoms. The zero-order chi connectivity index (χ0) is 20.6. The van der Waals surface area contributed by atoms with Gasteiger partial charge in [-0.25, -0.2) is 4.98 Å². The van der Waals surface area contributed by atoms with Crippen molar-refractivity contribution in [2.45, 2.75) is 18.0 Å². The molecular weight excluding hydrogens is 434 g/mol. The van der Waals surface area contributed by atoms with Crippen molar-refractivity contribution < 1.29 is 13.2 Å². The number of benzene rings is 1. The Morgan fingerprint density at radius 2 is 2.17 bits per heavy atom. The van der Waals surface area contributed by atoms with E-state index < -0.39 is 10.0 Å². The second kappa shape index (κ2) is 7.79. The van der Waals surface area contributed by atoms with Crippen LogP contribution in [0.5, 0.6) is 0 Å². The molecule has 0 saturated heterocycles. The smallest absolute Gasteiger partial charge is 0.284 e.